The van der Waals surface area contributed by atoms with Gasteiger partial charge in [-0.2, -0.15) is 0 Å². The number of aryl methyl sites for hydroxylation is 3. The SMILES string of the molecule is Cc1cc(C)c([C@H]2CCN=C3Sc4ccccc4N32)c(C)c1. The minimum absolute atomic E-state index is 0.407. The predicted molar refractivity (Wildman–Crippen MR) is 95.1 cm³/mol. The summed E-state index contributed by atoms with van der Waals surface area (Å²) in [6.45, 7) is 7.59. The Hall–Kier alpha value is -1.74. The molecule has 0 aromatic heterocycles. The minimum Gasteiger partial charge on any atom is -0.312 e. The summed E-state index contributed by atoms with van der Waals surface area (Å²) in [5.41, 5.74) is 6.95. The maximum atomic E-state index is 4.76. The van der Waals surface area contributed by atoms with E-state index in [0.717, 1.165) is 18.1 Å². The van der Waals surface area contributed by atoms with Gasteiger partial charge in [0.1, 0.15) is 0 Å². The third kappa shape index (κ3) is 2.07. The fourth-order valence-electron chi connectivity index (χ4n) is 3.80. The molecular weight excluding hydrogens is 288 g/mol. The van der Waals surface area contributed by atoms with Crippen molar-refractivity contribution < 1.29 is 0 Å². The zero-order valence-corrected chi connectivity index (χ0v) is 14.1. The number of para-hydroxylation sites is 1. The van der Waals surface area contributed by atoms with Crippen LogP contribution in [0.1, 0.15) is 34.7 Å². The number of fused-ring (bicyclic) bond motifs is 3. The van der Waals surface area contributed by atoms with Gasteiger partial charge in [-0.25, -0.2) is 0 Å². The molecule has 2 aromatic carbocycles. The van der Waals surface area contributed by atoms with Gasteiger partial charge in [-0.1, -0.05) is 29.8 Å². The van der Waals surface area contributed by atoms with Crippen molar-refractivity contribution in [2.75, 3.05) is 11.4 Å². The summed E-state index contributed by atoms with van der Waals surface area (Å²) < 4.78 is 0. The molecule has 0 fully saturated rings. The van der Waals surface area contributed by atoms with E-state index in [1.807, 2.05) is 11.8 Å². The van der Waals surface area contributed by atoms with Crippen LogP contribution in [0.3, 0.4) is 0 Å². The zero-order valence-electron chi connectivity index (χ0n) is 13.3. The highest BCUT2D eigenvalue weighted by molar-refractivity contribution is 8.14. The van der Waals surface area contributed by atoms with Crippen molar-refractivity contribution in [2.24, 2.45) is 4.99 Å². The molecule has 112 valence electrons. The number of hydrogen-bond acceptors (Lipinski definition) is 3. The van der Waals surface area contributed by atoms with Crippen molar-refractivity contribution in [2.45, 2.75) is 38.1 Å². The lowest BCUT2D eigenvalue weighted by molar-refractivity contribution is 0.624. The molecule has 0 unspecified atom stereocenters. The molecule has 0 saturated carbocycles. The first-order chi connectivity index (χ1) is 10.6. The topological polar surface area (TPSA) is 15.6 Å². The van der Waals surface area contributed by atoms with E-state index < -0.39 is 0 Å². The molecule has 0 N–H and O–H groups in total. The Balaban J connectivity index is 1.86. The van der Waals surface area contributed by atoms with Gasteiger partial charge in [0.2, 0.25) is 0 Å². The second-order valence-electron chi connectivity index (χ2n) is 6.22. The lowest BCUT2D eigenvalue weighted by Crippen LogP contribution is -2.35. The molecule has 3 heteroatoms. The Kier molecular flexibility index (Phi) is 3.26. The molecule has 2 nitrogen and oxygen atoms in total. The molecule has 0 radical (unpaired) electrons. The van der Waals surface area contributed by atoms with E-state index in [9.17, 15) is 0 Å². The lowest BCUT2D eigenvalue weighted by atomic mass is 9.90. The number of benzene rings is 2. The van der Waals surface area contributed by atoms with E-state index in [1.54, 1.807) is 0 Å². The number of hydrogen-bond donors (Lipinski definition) is 0. The first-order valence-electron chi connectivity index (χ1n) is 7.83. The summed E-state index contributed by atoms with van der Waals surface area (Å²) in [5, 5.41) is 1.16. The smallest absolute Gasteiger partial charge is 0.169 e. The number of nitrogens with zero attached hydrogens (tertiary/aromatic N) is 2. The van der Waals surface area contributed by atoms with E-state index in [1.165, 1.54) is 32.8 Å². The van der Waals surface area contributed by atoms with Crippen molar-refractivity contribution in [3.8, 4) is 0 Å². The van der Waals surface area contributed by atoms with Crippen molar-refractivity contribution in [1.82, 2.24) is 0 Å². The maximum absolute atomic E-state index is 4.76. The van der Waals surface area contributed by atoms with Crippen LogP contribution >= 0.6 is 11.8 Å². The third-order valence-corrected chi connectivity index (χ3v) is 5.64. The van der Waals surface area contributed by atoms with Gasteiger partial charge in [0.15, 0.2) is 5.17 Å². The summed E-state index contributed by atoms with van der Waals surface area (Å²) in [5.74, 6) is 0. The van der Waals surface area contributed by atoms with Crippen LogP contribution in [-0.4, -0.2) is 11.7 Å². The van der Waals surface area contributed by atoms with Gasteiger partial charge < -0.3 is 4.90 Å². The first-order valence-corrected chi connectivity index (χ1v) is 8.65. The third-order valence-electron chi connectivity index (χ3n) is 4.56. The fraction of sp³-hybridized carbons (Fsp3) is 0.316. The second-order valence-corrected chi connectivity index (χ2v) is 7.23. The van der Waals surface area contributed by atoms with Crippen LogP contribution in [-0.2, 0) is 0 Å². The number of aliphatic imine (C=N–C) groups is 1. The first kappa shape index (κ1) is 13.9. The zero-order chi connectivity index (χ0) is 15.3. The predicted octanol–water partition coefficient (Wildman–Crippen LogP) is 5.02. The van der Waals surface area contributed by atoms with Gasteiger partial charge >= 0.3 is 0 Å². The Labute approximate surface area is 136 Å². The average Bonchev–Trinajstić information content (AvgIpc) is 2.85. The molecule has 4 rings (SSSR count). The number of rotatable bonds is 1. The lowest BCUT2D eigenvalue weighted by Gasteiger charge is -2.35. The van der Waals surface area contributed by atoms with Crippen molar-refractivity contribution >= 4 is 22.6 Å². The highest BCUT2D eigenvalue weighted by Crippen LogP contribution is 2.48. The molecule has 0 saturated heterocycles. The monoisotopic (exact) mass is 308 g/mol. The largest absolute Gasteiger partial charge is 0.312 e. The van der Waals surface area contributed by atoms with Gasteiger partial charge in [-0.15, -0.1) is 0 Å². The van der Waals surface area contributed by atoms with Gasteiger partial charge in [-0.3, -0.25) is 4.99 Å². The number of amidine groups is 1. The molecule has 0 amide bonds. The van der Waals surface area contributed by atoms with Crippen molar-refractivity contribution in [3.05, 3.63) is 58.7 Å². The van der Waals surface area contributed by atoms with Crippen molar-refractivity contribution in [3.63, 3.8) is 0 Å². The van der Waals surface area contributed by atoms with Crippen LogP contribution in [0, 0.1) is 20.8 Å². The molecule has 2 heterocycles. The molecular formula is C19H20N2S. The molecule has 22 heavy (non-hydrogen) atoms. The molecule has 2 aliphatic rings. The van der Waals surface area contributed by atoms with Gasteiger partial charge in [0.25, 0.3) is 0 Å². The molecule has 0 aliphatic carbocycles. The summed E-state index contributed by atoms with van der Waals surface area (Å²) in [6.07, 6.45) is 1.09. The Morgan fingerprint density at radius 1 is 1.09 bits per heavy atom. The van der Waals surface area contributed by atoms with E-state index in [-0.39, 0.29) is 0 Å². The minimum atomic E-state index is 0.407. The Bertz CT molecular complexity index is 756. The average molecular weight is 308 g/mol. The normalized spacial score (nSPS) is 19.7. The van der Waals surface area contributed by atoms with Crippen LogP contribution in [0.4, 0.5) is 5.69 Å². The van der Waals surface area contributed by atoms with Crippen LogP contribution in [0.25, 0.3) is 0 Å². The van der Waals surface area contributed by atoms with E-state index >= 15 is 0 Å². The van der Waals surface area contributed by atoms with E-state index in [4.69, 9.17) is 4.99 Å². The van der Waals surface area contributed by atoms with Gasteiger partial charge in [0.05, 0.1) is 11.7 Å². The van der Waals surface area contributed by atoms with Crippen LogP contribution in [0.2, 0.25) is 0 Å². The van der Waals surface area contributed by atoms with Crippen LogP contribution < -0.4 is 4.90 Å². The highest BCUT2D eigenvalue weighted by Gasteiger charge is 2.36. The summed E-state index contributed by atoms with van der Waals surface area (Å²) in [4.78, 5) is 8.55. The molecule has 0 spiro atoms. The van der Waals surface area contributed by atoms with E-state index in [0.29, 0.717) is 6.04 Å². The standard InChI is InChI=1S/C19H20N2S/c1-12-10-13(2)18(14(3)11-12)16-8-9-20-19-21(16)15-6-4-5-7-17(15)22-19/h4-7,10-11,16H,8-9H2,1-3H3/t16-/m1/s1. The highest BCUT2D eigenvalue weighted by atomic mass is 32.2. The Morgan fingerprint density at radius 2 is 1.82 bits per heavy atom. The maximum Gasteiger partial charge on any atom is 0.169 e. The molecule has 1 atom stereocenters. The molecule has 0 bridgehead atoms. The number of anilines is 1. The van der Waals surface area contributed by atoms with Gasteiger partial charge in [0, 0.05) is 11.4 Å². The molecule has 2 aromatic rings. The van der Waals surface area contributed by atoms with Crippen LogP contribution in [0.15, 0.2) is 46.3 Å². The van der Waals surface area contributed by atoms with Gasteiger partial charge in [-0.05, 0) is 67.8 Å². The van der Waals surface area contributed by atoms with E-state index in [2.05, 4.69) is 62.1 Å². The Morgan fingerprint density at radius 3 is 2.59 bits per heavy atom. The number of thioether (sulfide) groups is 1. The summed E-state index contributed by atoms with van der Waals surface area (Å²) in [7, 11) is 0. The molecule has 2 aliphatic heterocycles. The quantitative estimate of drug-likeness (QED) is 0.734. The van der Waals surface area contributed by atoms with Crippen LogP contribution in [0.5, 0.6) is 0 Å². The fourth-order valence-corrected chi connectivity index (χ4v) is 4.90. The second kappa shape index (κ2) is 5.17. The summed E-state index contributed by atoms with van der Waals surface area (Å²) >= 11 is 1.81. The summed E-state index contributed by atoms with van der Waals surface area (Å²) in [6, 6.07) is 13.7. The van der Waals surface area contributed by atoms with Crippen molar-refractivity contribution in [1.29, 1.82) is 0 Å².